The van der Waals surface area contributed by atoms with Gasteiger partial charge < -0.3 is 10.4 Å². The van der Waals surface area contributed by atoms with E-state index in [1.54, 1.807) is 18.2 Å². The number of hydrogen-bond acceptors (Lipinski definition) is 5. The minimum Gasteiger partial charge on any atom is -0.478 e. The molecule has 2 aromatic rings. The molecule has 0 saturated carbocycles. The molecule has 0 bridgehead atoms. The molecule has 5 N–H and O–H groups in total. The normalized spacial score (nSPS) is 15.3. The van der Waals surface area contributed by atoms with Gasteiger partial charge in [0.2, 0.25) is 0 Å². The van der Waals surface area contributed by atoms with Crippen molar-refractivity contribution in [1.82, 2.24) is 5.43 Å². The van der Waals surface area contributed by atoms with E-state index in [2.05, 4.69) is 24.6 Å². The number of carbonyl (C=O) groups excluding carboxylic acids is 1. The molecule has 1 amide bonds. The summed E-state index contributed by atoms with van der Waals surface area (Å²) < 4.78 is 0. The van der Waals surface area contributed by atoms with Crippen molar-refractivity contribution < 1.29 is 14.7 Å². The van der Waals surface area contributed by atoms with Crippen LogP contribution in [0.1, 0.15) is 57.0 Å². The summed E-state index contributed by atoms with van der Waals surface area (Å²) in [6.45, 7) is 4.54. The summed E-state index contributed by atoms with van der Waals surface area (Å²) in [6.07, 6.45) is 2.52. The third-order valence-corrected chi connectivity index (χ3v) is 6.26. The number of hydrazine groups is 1. The Bertz CT molecular complexity index is 908. The number of carboxylic acid groups (broad SMARTS) is 1. The Morgan fingerprint density at radius 2 is 2.11 bits per heavy atom. The molecule has 0 aliphatic heterocycles. The average molecular weight is 408 g/mol. The molecule has 3 rings (SSSR count). The highest BCUT2D eigenvalue weighted by molar-refractivity contribution is 7.17. The SMILES string of the molecule is CC1(C)CCc2sc(NC(=O)c3ccc(Cl)cc3CNN)c(C(=O)O)c2C1. The van der Waals surface area contributed by atoms with Gasteiger partial charge in [-0.15, -0.1) is 11.3 Å². The monoisotopic (exact) mass is 407 g/mol. The van der Waals surface area contributed by atoms with Gasteiger partial charge in [-0.3, -0.25) is 16.1 Å². The first-order chi connectivity index (χ1) is 12.7. The van der Waals surface area contributed by atoms with Gasteiger partial charge in [0.25, 0.3) is 5.91 Å². The molecule has 8 heteroatoms. The number of nitrogens with one attached hydrogen (secondary N) is 2. The number of benzene rings is 1. The summed E-state index contributed by atoms with van der Waals surface area (Å²) >= 11 is 7.36. The molecule has 0 radical (unpaired) electrons. The predicted molar refractivity (Wildman–Crippen MR) is 108 cm³/mol. The van der Waals surface area contributed by atoms with Crippen LogP contribution in [0.2, 0.25) is 5.02 Å². The van der Waals surface area contributed by atoms with Gasteiger partial charge in [-0.2, -0.15) is 0 Å². The maximum atomic E-state index is 12.8. The van der Waals surface area contributed by atoms with Crippen molar-refractivity contribution in [3.8, 4) is 0 Å². The molecule has 1 aromatic carbocycles. The first-order valence-corrected chi connectivity index (χ1v) is 9.82. The van der Waals surface area contributed by atoms with E-state index in [9.17, 15) is 14.7 Å². The van der Waals surface area contributed by atoms with Crippen LogP contribution in [0, 0.1) is 5.41 Å². The zero-order chi connectivity index (χ0) is 19.8. The van der Waals surface area contributed by atoms with Crippen LogP contribution in [0.5, 0.6) is 0 Å². The highest BCUT2D eigenvalue weighted by Gasteiger charge is 2.33. The van der Waals surface area contributed by atoms with E-state index in [0.29, 0.717) is 27.6 Å². The molecule has 144 valence electrons. The minimum atomic E-state index is -1.01. The molecule has 0 spiro atoms. The van der Waals surface area contributed by atoms with Crippen LogP contribution < -0.4 is 16.6 Å². The summed E-state index contributed by atoms with van der Waals surface area (Å²) in [5.41, 5.74) is 4.67. The number of rotatable bonds is 5. The Kier molecular flexibility index (Phi) is 5.58. The lowest BCUT2D eigenvalue weighted by molar-refractivity contribution is 0.0696. The lowest BCUT2D eigenvalue weighted by Crippen LogP contribution is -2.24. The van der Waals surface area contributed by atoms with E-state index in [1.165, 1.54) is 11.3 Å². The van der Waals surface area contributed by atoms with Gasteiger partial charge >= 0.3 is 5.97 Å². The first kappa shape index (κ1) is 19.8. The standard InChI is InChI=1S/C19H22ClN3O3S/c1-19(2)6-5-14-13(8-19)15(18(25)26)17(27-14)23-16(24)12-4-3-11(20)7-10(12)9-22-21/h3-4,7,22H,5-6,8-9,21H2,1-2H3,(H,23,24)(H,25,26). The van der Waals surface area contributed by atoms with Crippen molar-refractivity contribution in [3.63, 3.8) is 0 Å². The van der Waals surface area contributed by atoms with Crippen LogP contribution in [0.3, 0.4) is 0 Å². The van der Waals surface area contributed by atoms with Crippen molar-refractivity contribution in [2.24, 2.45) is 11.3 Å². The average Bonchev–Trinajstić information content (AvgIpc) is 2.91. The van der Waals surface area contributed by atoms with Crippen molar-refractivity contribution in [3.05, 3.63) is 50.4 Å². The van der Waals surface area contributed by atoms with E-state index >= 15 is 0 Å². The van der Waals surface area contributed by atoms with E-state index < -0.39 is 5.97 Å². The molecular formula is C19H22ClN3O3S. The summed E-state index contributed by atoms with van der Waals surface area (Å²) in [4.78, 5) is 25.8. The quantitative estimate of drug-likeness (QED) is 0.445. The Labute approximate surface area is 166 Å². The van der Waals surface area contributed by atoms with Crippen LogP contribution in [0.25, 0.3) is 0 Å². The first-order valence-electron chi connectivity index (χ1n) is 8.63. The molecule has 27 heavy (non-hydrogen) atoms. The number of thiophene rings is 1. The van der Waals surface area contributed by atoms with Gasteiger partial charge in [-0.1, -0.05) is 25.4 Å². The predicted octanol–water partition coefficient (Wildman–Crippen LogP) is 3.83. The molecule has 1 aromatic heterocycles. The fourth-order valence-electron chi connectivity index (χ4n) is 3.44. The Morgan fingerprint density at radius 1 is 1.37 bits per heavy atom. The van der Waals surface area contributed by atoms with Crippen molar-refractivity contribution in [2.45, 2.75) is 39.7 Å². The van der Waals surface area contributed by atoms with Gasteiger partial charge in [0.15, 0.2) is 0 Å². The largest absolute Gasteiger partial charge is 0.478 e. The van der Waals surface area contributed by atoms with Gasteiger partial charge in [0, 0.05) is 22.0 Å². The molecular weight excluding hydrogens is 386 g/mol. The number of fused-ring (bicyclic) bond motifs is 1. The lowest BCUT2D eigenvalue weighted by atomic mass is 9.76. The molecule has 6 nitrogen and oxygen atoms in total. The van der Waals surface area contributed by atoms with Crippen LogP contribution in [-0.4, -0.2) is 17.0 Å². The summed E-state index contributed by atoms with van der Waals surface area (Å²) in [7, 11) is 0. The number of carbonyl (C=O) groups is 2. The minimum absolute atomic E-state index is 0.0513. The third kappa shape index (κ3) is 4.16. The molecule has 1 aliphatic carbocycles. The summed E-state index contributed by atoms with van der Waals surface area (Å²) in [5, 5.41) is 13.4. The number of hydrogen-bond donors (Lipinski definition) is 4. The number of aryl methyl sites for hydroxylation is 1. The Morgan fingerprint density at radius 3 is 2.78 bits per heavy atom. The van der Waals surface area contributed by atoms with Crippen LogP contribution in [0.4, 0.5) is 5.00 Å². The second-order valence-electron chi connectivity index (χ2n) is 7.49. The third-order valence-electron chi connectivity index (χ3n) is 4.82. The Hall–Kier alpha value is -1.93. The lowest BCUT2D eigenvalue weighted by Gasteiger charge is -2.29. The maximum Gasteiger partial charge on any atom is 0.339 e. The highest BCUT2D eigenvalue weighted by Crippen LogP contribution is 2.43. The maximum absolute atomic E-state index is 12.8. The second kappa shape index (κ2) is 7.59. The van der Waals surface area contributed by atoms with E-state index in [-0.39, 0.29) is 23.4 Å². The fraction of sp³-hybridized carbons (Fsp3) is 0.368. The van der Waals surface area contributed by atoms with Gasteiger partial charge in [0.1, 0.15) is 5.00 Å². The van der Waals surface area contributed by atoms with E-state index in [4.69, 9.17) is 17.4 Å². The zero-order valence-corrected chi connectivity index (χ0v) is 16.8. The number of halogens is 1. The Balaban J connectivity index is 1.96. The smallest absolute Gasteiger partial charge is 0.339 e. The fourth-order valence-corrected chi connectivity index (χ4v) is 4.84. The number of nitrogens with two attached hydrogens (primary N) is 1. The van der Waals surface area contributed by atoms with Gasteiger partial charge in [0.05, 0.1) is 5.56 Å². The second-order valence-corrected chi connectivity index (χ2v) is 9.03. The van der Waals surface area contributed by atoms with Crippen molar-refractivity contribution in [1.29, 1.82) is 0 Å². The highest BCUT2D eigenvalue weighted by atomic mass is 35.5. The zero-order valence-electron chi connectivity index (χ0n) is 15.2. The van der Waals surface area contributed by atoms with Crippen LogP contribution >= 0.6 is 22.9 Å². The number of amides is 1. The molecule has 0 unspecified atom stereocenters. The molecule has 1 heterocycles. The van der Waals surface area contributed by atoms with E-state index in [0.717, 1.165) is 23.3 Å². The number of anilines is 1. The molecule has 1 aliphatic rings. The number of aromatic carboxylic acids is 1. The summed E-state index contributed by atoms with van der Waals surface area (Å²) in [6, 6.07) is 4.90. The topological polar surface area (TPSA) is 104 Å². The molecule has 0 fully saturated rings. The van der Waals surface area contributed by atoms with Gasteiger partial charge in [-0.05, 0) is 54.0 Å². The van der Waals surface area contributed by atoms with Crippen LogP contribution in [0.15, 0.2) is 18.2 Å². The van der Waals surface area contributed by atoms with Crippen LogP contribution in [-0.2, 0) is 19.4 Å². The molecule has 0 saturated heterocycles. The van der Waals surface area contributed by atoms with E-state index in [1.807, 2.05) is 0 Å². The summed E-state index contributed by atoms with van der Waals surface area (Å²) in [5.74, 6) is 4.00. The van der Waals surface area contributed by atoms with Crippen molar-refractivity contribution in [2.75, 3.05) is 5.32 Å². The van der Waals surface area contributed by atoms with Gasteiger partial charge in [-0.25, -0.2) is 4.79 Å². The molecule has 0 atom stereocenters. The number of carboxylic acids is 1. The van der Waals surface area contributed by atoms with Crippen molar-refractivity contribution >= 4 is 39.8 Å².